The molecular formula is C9H13FN2. The quantitative estimate of drug-likeness (QED) is 0.741. The Morgan fingerprint density at radius 1 is 1.50 bits per heavy atom. The monoisotopic (exact) mass is 168 g/mol. The molecule has 12 heavy (non-hydrogen) atoms. The van der Waals surface area contributed by atoms with Crippen molar-refractivity contribution in [2.24, 2.45) is 5.73 Å². The van der Waals surface area contributed by atoms with Gasteiger partial charge in [-0.1, -0.05) is 0 Å². The molecule has 1 rings (SSSR count). The van der Waals surface area contributed by atoms with Crippen LogP contribution in [0.2, 0.25) is 0 Å². The lowest BCUT2D eigenvalue weighted by Crippen LogP contribution is -2.02. The van der Waals surface area contributed by atoms with Gasteiger partial charge >= 0.3 is 0 Å². The van der Waals surface area contributed by atoms with Crippen LogP contribution in [0.3, 0.4) is 0 Å². The van der Waals surface area contributed by atoms with Crippen LogP contribution >= 0.6 is 0 Å². The van der Waals surface area contributed by atoms with Gasteiger partial charge in [-0.2, -0.15) is 0 Å². The number of pyridine rings is 1. The first-order chi connectivity index (χ1) is 5.75. The van der Waals surface area contributed by atoms with Crippen LogP contribution in [0.15, 0.2) is 12.4 Å². The first-order valence-electron chi connectivity index (χ1n) is 4.04. The Morgan fingerprint density at radius 2 is 2.25 bits per heavy atom. The molecule has 0 bridgehead atoms. The molecule has 0 aliphatic rings. The molecule has 1 heterocycles. The van der Waals surface area contributed by atoms with E-state index in [1.165, 1.54) is 6.20 Å². The minimum absolute atomic E-state index is 0.140. The molecule has 0 aromatic carbocycles. The zero-order valence-electron chi connectivity index (χ0n) is 7.18. The predicted octanol–water partition coefficient (Wildman–Crippen LogP) is 1.42. The van der Waals surface area contributed by atoms with Gasteiger partial charge in [0.1, 0.15) is 5.82 Å². The van der Waals surface area contributed by atoms with Crippen LogP contribution < -0.4 is 5.73 Å². The summed E-state index contributed by atoms with van der Waals surface area (Å²) in [7, 11) is 0. The van der Waals surface area contributed by atoms with Crippen molar-refractivity contribution >= 4 is 0 Å². The van der Waals surface area contributed by atoms with E-state index in [1.807, 2.05) is 0 Å². The van der Waals surface area contributed by atoms with Crippen LogP contribution in [-0.2, 0) is 6.42 Å². The van der Waals surface area contributed by atoms with Gasteiger partial charge in [0.15, 0.2) is 0 Å². The van der Waals surface area contributed by atoms with E-state index in [0.29, 0.717) is 24.1 Å². The smallest absolute Gasteiger partial charge is 0.132 e. The Bertz CT molecular complexity index is 261. The third-order valence-corrected chi connectivity index (χ3v) is 1.78. The third kappa shape index (κ3) is 2.01. The molecule has 0 saturated heterocycles. The van der Waals surface area contributed by atoms with Crippen molar-refractivity contribution in [3.8, 4) is 0 Å². The number of hydrogen-bond acceptors (Lipinski definition) is 2. The van der Waals surface area contributed by atoms with Gasteiger partial charge in [0.2, 0.25) is 0 Å². The Kier molecular flexibility index (Phi) is 3.17. The summed E-state index contributed by atoms with van der Waals surface area (Å²) in [6.45, 7) is 2.31. The molecule has 2 nitrogen and oxygen atoms in total. The van der Waals surface area contributed by atoms with Crippen molar-refractivity contribution in [2.75, 3.05) is 6.54 Å². The second-order valence-electron chi connectivity index (χ2n) is 2.82. The zero-order valence-corrected chi connectivity index (χ0v) is 7.18. The van der Waals surface area contributed by atoms with Gasteiger partial charge < -0.3 is 5.73 Å². The molecule has 1 aromatic rings. The molecule has 0 aliphatic carbocycles. The molecule has 0 fully saturated rings. The summed E-state index contributed by atoms with van der Waals surface area (Å²) in [6, 6.07) is 0. The van der Waals surface area contributed by atoms with Crippen LogP contribution in [0, 0.1) is 12.7 Å². The van der Waals surface area contributed by atoms with Crippen molar-refractivity contribution in [2.45, 2.75) is 19.8 Å². The van der Waals surface area contributed by atoms with Crippen molar-refractivity contribution < 1.29 is 4.39 Å². The van der Waals surface area contributed by atoms with E-state index < -0.39 is 0 Å². The first kappa shape index (κ1) is 9.13. The summed E-state index contributed by atoms with van der Waals surface area (Å²) in [5.74, 6) is -0.140. The third-order valence-electron chi connectivity index (χ3n) is 1.78. The summed E-state index contributed by atoms with van der Waals surface area (Å²) in [4.78, 5) is 3.92. The minimum atomic E-state index is -0.140. The topological polar surface area (TPSA) is 38.9 Å². The standard InChI is InChI=1S/C9H13FN2/c1-7-5-12-6-8(9(7)10)3-2-4-11/h5-6H,2-4,11H2,1H3. The molecule has 0 radical (unpaired) electrons. The lowest BCUT2D eigenvalue weighted by molar-refractivity contribution is 0.593. The molecule has 2 N–H and O–H groups in total. The van der Waals surface area contributed by atoms with Gasteiger partial charge in [-0.05, 0) is 26.3 Å². The van der Waals surface area contributed by atoms with Gasteiger partial charge in [0.05, 0.1) is 0 Å². The van der Waals surface area contributed by atoms with Gasteiger partial charge in [-0.15, -0.1) is 0 Å². The van der Waals surface area contributed by atoms with E-state index in [1.54, 1.807) is 13.1 Å². The number of nitrogens with two attached hydrogens (primary N) is 1. The lowest BCUT2D eigenvalue weighted by Gasteiger charge is -2.02. The molecule has 0 spiro atoms. The lowest BCUT2D eigenvalue weighted by atomic mass is 10.1. The highest BCUT2D eigenvalue weighted by Gasteiger charge is 2.03. The molecular weight excluding hydrogens is 155 g/mol. The molecule has 1 aromatic heterocycles. The number of aromatic nitrogens is 1. The maximum Gasteiger partial charge on any atom is 0.132 e. The molecule has 0 amide bonds. The Balaban J connectivity index is 2.78. The van der Waals surface area contributed by atoms with Crippen LogP contribution in [0.1, 0.15) is 17.5 Å². The highest BCUT2D eigenvalue weighted by Crippen LogP contribution is 2.11. The highest BCUT2D eigenvalue weighted by atomic mass is 19.1. The fourth-order valence-electron chi connectivity index (χ4n) is 1.07. The Hall–Kier alpha value is -0.960. The van der Waals surface area contributed by atoms with E-state index in [-0.39, 0.29) is 5.82 Å². The average Bonchev–Trinajstić information content (AvgIpc) is 2.08. The van der Waals surface area contributed by atoms with Crippen molar-refractivity contribution in [1.82, 2.24) is 4.98 Å². The second-order valence-corrected chi connectivity index (χ2v) is 2.82. The van der Waals surface area contributed by atoms with E-state index in [2.05, 4.69) is 4.98 Å². The summed E-state index contributed by atoms with van der Waals surface area (Å²) < 4.78 is 13.2. The summed E-state index contributed by atoms with van der Waals surface area (Å²) in [5, 5.41) is 0. The molecule has 3 heteroatoms. The van der Waals surface area contributed by atoms with Crippen molar-refractivity contribution in [1.29, 1.82) is 0 Å². The van der Waals surface area contributed by atoms with Crippen LogP contribution in [0.4, 0.5) is 4.39 Å². The van der Waals surface area contributed by atoms with Gasteiger partial charge in [-0.25, -0.2) is 4.39 Å². The second kappa shape index (κ2) is 4.16. The number of aryl methyl sites for hydroxylation is 2. The number of halogens is 1. The van der Waals surface area contributed by atoms with Crippen LogP contribution in [0.25, 0.3) is 0 Å². The molecule has 0 aliphatic heterocycles. The van der Waals surface area contributed by atoms with Gasteiger partial charge in [0, 0.05) is 23.5 Å². The van der Waals surface area contributed by atoms with E-state index in [4.69, 9.17) is 5.73 Å². The van der Waals surface area contributed by atoms with Crippen molar-refractivity contribution in [3.63, 3.8) is 0 Å². The number of rotatable bonds is 3. The Morgan fingerprint density at radius 3 is 2.92 bits per heavy atom. The first-order valence-corrected chi connectivity index (χ1v) is 4.04. The molecule has 0 unspecified atom stereocenters. The van der Waals surface area contributed by atoms with E-state index >= 15 is 0 Å². The largest absolute Gasteiger partial charge is 0.330 e. The van der Waals surface area contributed by atoms with Crippen molar-refractivity contribution in [3.05, 3.63) is 29.3 Å². The maximum absolute atomic E-state index is 13.2. The van der Waals surface area contributed by atoms with E-state index in [0.717, 1.165) is 6.42 Å². The molecule has 66 valence electrons. The fourth-order valence-corrected chi connectivity index (χ4v) is 1.07. The summed E-state index contributed by atoms with van der Waals surface area (Å²) >= 11 is 0. The molecule has 0 saturated carbocycles. The minimum Gasteiger partial charge on any atom is -0.330 e. The van der Waals surface area contributed by atoms with E-state index in [9.17, 15) is 4.39 Å². The number of nitrogens with zero attached hydrogens (tertiary/aromatic N) is 1. The maximum atomic E-state index is 13.2. The van der Waals surface area contributed by atoms with Crippen LogP contribution in [-0.4, -0.2) is 11.5 Å². The average molecular weight is 168 g/mol. The summed E-state index contributed by atoms with van der Waals surface area (Å²) in [6.07, 6.45) is 4.58. The normalized spacial score (nSPS) is 10.2. The SMILES string of the molecule is Cc1cncc(CCCN)c1F. The van der Waals surface area contributed by atoms with Gasteiger partial charge in [0.25, 0.3) is 0 Å². The summed E-state index contributed by atoms with van der Waals surface area (Å²) in [5.41, 5.74) is 6.59. The van der Waals surface area contributed by atoms with Crippen LogP contribution in [0.5, 0.6) is 0 Å². The Labute approximate surface area is 71.6 Å². The van der Waals surface area contributed by atoms with Gasteiger partial charge in [-0.3, -0.25) is 4.98 Å². The number of hydrogen-bond donors (Lipinski definition) is 1. The fraction of sp³-hybridized carbons (Fsp3) is 0.444. The predicted molar refractivity (Wildman–Crippen MR) is 46.3 cm³/mol. The zero-order chi connectivity index (χ0) is 8.97. The molecule has 0 atom stereocenters. The highest BCUT2D eigenvalue weighted by molar-refractivity contribution is 5.19.